The van der Waals surface area contributed by atoms with Crippen molar-refractivity contribution in [1.29, 1.82) is 0 Å². The summed E-state index contributed by atoms with van der Waals surface area (Å²) in [5.41, 5.74) is 1.46. The SMILES string of the molecule is c1ccc(CN2C[C@@H]3CN(CC4CCOCC4)C[C@@H]3C2)cc1. The third kappa shape index (κ3) is 3.37. The second kappa shape index (κ2) is 6.69. The van der Waals surface area contributed by atoms with Gasteiger partial charge in [0.15, 0.2) is 0 Å². The topological polar surface area (TPSA) is 15.7 Å². The lowest BCUT2D eigenvalue weighted by Crippen LogP contribution is -2.34. The minimum atomic E-state index is 0.882. The quantitative estimate of drug-likeness (QED) is 0.849. The van der Waals surface area contributed by atoms with Crippen LogP contribution in [0.2, 0.25) is 0 Å². The maximum atomic E-state index is 5.48. The van der Waals surface area contributed by atoms with Crippen molar-refractivity contribution in [3.63, 3.8) is 0 Å². The van der Waals surface area contributed by atoms with E-state index in [0.29, 0.717) is 0 Å². The number of rotatable bonds is 4. The van der Waals surface area contributed by atoms with E-state index in [4.69, 9.17) is 4.74 Å². The second-order valence-electron chi connectivity index (χ2n) is 7.47. The van der Waals surface area contributed by atoms with Gasteiger partial charge in [-0.25, -0.2) is 0 Å². The highest BCUT2D eigenvalue weighted by atomic mass is 16.5. The molecule has 3 heteroatoms. The lowest BCUT2D eigenvalue weighted by atomic mass is 10.00. The first-order valence-electron chi connectivity index (χ1n) is 8.93. The van der Waals surface area contributed by atoms with Gasteiger partial charge < -0.3 is 9.64 Å². The van der Waals surface area contributed by atoms with Crippen LogP contribution < -0.4 is 0 Å². The van der Waals surface area contributed by atoms with Gasteiger partial charge in [-0.2, -0.15) is 0 Å². The Morgan fingerprint density at radius 1 is 0.864 bits per heavy atom. The number of likely N-dealkylation sites (tertiary alicyclic amines) is 2. The summed E-state index contributed by atoms with van der Waals surface area (Å²) >= 11 is 0. The molecule has 1 aromatic rings. The van der Waals surface area contributed by atoms with Crippen molar-refractivity contribution in [3.05, 3.63) is 35.9 Å². The second-order valence-corrected chi connectivity index (χ2v) is 7.47. The molecule has 2 atom stereocenters. The standard InChI is InChI=1S/C19H28N2O/c1-2-4-16(5-3-1)10-20-12-18-14-21(15-19(18)13-20)11-17-6-8-22-9-7-17/h1-5,17-19H,6-15H2/t18-,19+. The van der Waals surface area contributed by atoms with Crippen molar-refractivity contribution in [1.82, 2.24) is 9.80 Å². The number of hydrogen-bond donors (Lipinski definition) is 0. The Bertz CT molecular complexity index is 458. The molecule has 0 amide bonds. The van der Waals surface area contributed by atoms with Crippen molar-refractivity contribution in [2.75, 3.05) is 45.9 Å². The Morgan fingerprint density at radius 3 is 2.18 bits per heavy atom. The lowest BCUT2D eigenvalue weighted by molar-refractivity contribution is 0.0541. The fraction of sp³-hybridized carbons (Fsp3) is 0.684. The van der Waals surface area contributed by atoms with Crippen molar-refractivity contribution < 1.29 is 4.74 Å². The third-order valence-electron chi connectivity index (χ3n) is 5.74. The van der Waals surface area contributed by atoms with E-state index in [-0.39, 0.29) is 0 Å². The predicted octanol–water partition coefficient (Wildman–Crippen LogP) is 2.48. The zero-order valence-corrected chi connectivity index (χ0v) is 13.5. The Balaban J connectivity index is 1.25. The van der Waals surface area contributed by atoms with E-state index in [1.54, 1.807) is 0 Å². The fourth-order valence-corrected chi connectivity index (χ4v) is 4.60. The summed E-state index contributed by atoms with van der Waals surface area (Å²) in [6, 6.07) is 10.9. The van der Waals surface area contributed by atoms with Crippen molar-refractivity contribution in [3.8, 4) is 0 Å². The summed E-state index contributed by atoms with van der Waals surface area (Å²) in [6.07, 6.45) is 2.54. The number of ether oxygens (including phenoxy) is 1. The first kappa shape index (κ1) is 14.7. The molecule has 22 heavy (non-hydrogen) atoms. The van der Waals surface area contributed by atoms with Crippen LogP contribution in [-0.2, 0) is 11.3 Å². The molecule has 3 nitrogen and oxygen atoms in total. The summed E-state index contributed by atoms with van der Waals surface area (Å²) in [5, 5.41) is 0. The van der Waals surface area contributed by atoms with E-state index in [2.05, 4.69) is 40.1 Å². The molecule has 0 spiro atoms. The molecule has 1 aromatic carbocycles. The number of hydrogen-bond acceptors (Lipinski definition) is 3. The molecule has 120 valence electrons. The molecule has 0 aliphatic carbocycles. The first-order chi connectivity index (χ1) is 10.9. The van der Waals surface area contributed by atoms with Crippen LogP contribution in [0.1, 0.15) is 18.4 Å². The van der Waals surface area contributed by atoms with Gasteiger partial charge in [0.1, 0.15) is 0 Å². The zero-order chi connectivity index (χ0) is 14.8. The van der Waals surface area contributed by atoms with Crippen LogP contribution in [-0.4, -0.2) is 55.7 Å². The van der Waals surface area contributed by atoms with E-state index in [1.165, 1.54) is 51.1 Å². The molecule has 0 bridgehead atoms. The molecule has 4 rings (SSSR count). The minimum Gasteiger partial charge on any atom is -0.381 e. The molecule has 0 radical (unpaired) electrons. The third-order valence-corrected chi connectivity index (χ3v) is 5.74. The Kier molecular flexibility index (Phi) is 4.47. The van der Waals surface area contributed by atoms with Crippen molar-refractivity contribution >= 4 is 0 Å². The molecule has 3 saturated heterocycles. The Morgan fingerprint density at radius 2 is 1.50 bits per heavy atom. The Labute approximate surface area is 134 Å². The molecule has 3 fully saturated rings. The smallest absolute Gasteiger partial charge is 0.0469 e. The summed E-state index contributed by atoms with van der Waals surface area (Å²) in [6.45, 7) is 9.66. The first-order valence-corrected chi connectivity index (χ1v) is 8.93. The largest absolute Gasteiger partial charge is 0.381 e. The molecule has 0 N–H and O–H groups in total. The average molecular weight is 300 g/mol. The number of benzene rings is 1. The van der Waals surface area contributed by atoms with E-state index in [0.717, 1.165) is 37.5 Å². The van der Waals surface area contributed by atoms with Crippen molar-refractivity contribution in [2.24, 2.45) is 17.8 Å². The van der Waals surface area contributed by atoms with E-state index in [1.807, 2.05) is 0 Å². The minimum absolute atomic E-state index is 0.882. The van der Waals surface area contributed by atoms with Gasteiger partial charge in [0.2, 0.25) is 0 Å². The molecule has 3 heterocycles. The summed E-state index contributed by atoms with van der Waals surface area (Å²) in [4.78, 5) is 5.40. The van der Waals surface area contributed by atoms with Gasteiger partial charge in [-0.15, -0.1) is 0 Å². The van der Waals surface area contributed by atoms with Gasteiger partial charge in [-0.3, -0.25) is 4.90 Å². The van der Waals surface area contributed by atoms with Crippen molar-refractivity contribution in [2.45, 2.75) is 19.4 Å². The zero-order valence-electron chi connectivity index (χ0n) is 13.5. The molecular formula is C19H28N2O. The number of nitrogens with zero attached hydrogens (tertiary/aromatic N) is 2. The highest BCUT2D eigenvalue weighted by Gasteiger charge is 2.40. The highest BCUT2D eigenvalue weighted by Crippen LogP contribution is 2.33. The van der Waals surface area contributed by atoms with Crippen LogP contribution in [0, 0.1) is 17.8 Å². The monoisotopic (exact) mass is 300 g/mol. The fourth-order valence-electron chi connectivity index (χ4n) is 4.60. The van der Waals surface area contributed by atoms with E-state index < -0.39 is 0 Å². The highest BCUT2D eigenvalue weighted by molar-refractivity contribution is 5.15. The summed E-state index contributed by atoms with van der Waals surface area (Å²) in [7, 11) is 0. The van der Waals surface area contributed by atoms with Gasteiger partial charge in [-0.1, -0.05) is 30.3 Å². The van der Waals surface area contributed by atoms with Crippen LogP contribution in [0.15, 0.2) is 30.3 Å². The van der Waals surface area contributed by atoms with Crippen LogP contribution in [0.3, 0.4) is 0 Å². The van der Waals surface area contributed by atoms with Crippen LogP contribution in [0.25, 0.3) is 0 Å². The molecular weight excluding hydrogens is 272 g/mol. The molecule has 0 saturated carbocycles. The van der Waals surface area contributed by atoms with E-state index >= 15 is 0 Å². The summed E-state index contributed by atoms with van der Waals surface area (Å²) < 4.78 is 5.48. The lowest BCUT2D eigenvalue weighted by Gasteiger charge is -2.28. The molecule has 3 aliphatic rings. The predicted molar refractivity (Wildman–Crippen MR) is 88.7 cm³/mol. The van der Waals surface area contributed by atoms with Gasteiger partial charge in [-0.05, 0) is 36.2 Å². The van der Waals surface area contributed by atoms with E-state index in [9.17, 15) is 0 Å². The molecule has 0 unspecified atom stereocenters. The average Bonchev–Trinajstić information content (AvgIpc) is 3.07. The van der Waals surface area contributed by atoms with Gasteiger partial charge in [0.05, 0.1) is 0 Å². The van der Waals surface area contributed by atoms with Crippen LogP contribution in [0.5, 0.6) is 0 Å². The normalized spacial score (nSPS) is 30.7. The van der Waals surface area contributed by atoms with Crippen LogP contribution in [0.4, 0.5) is 0 Å². The summed E-state index contributed by atoms with van der Waals surface area (Å²) in [5.74, 6) is 2.69. The maximum absolute atomic E-state index is 5.48. The number of fused-ring (bicyclic) bond motifs is 1. The van der Waals surface area contributed by atoms with Gasteiger partial charge >= 0.3 is 0 Å². The van der Waals surface area contributed by atoms with Gasteiger partial charge in [0.25, 0.3) is 0 Å². The molecule has 0 aromatic heterocycles. The molecule has 3 aliphatic heterocycles. The maximum Gasteiger partial charge on any atom is 0.0469 e. The Hall–Kier alpha value is -0.900. The van der Waals surface area contributed by atoms with Crippen LogP contribution >= 0.6 is 0 Å². The van der Waals surface area contributed by atoms with Gasteiger partial charge in [0, 0.05) is 52.5 Å².